The summed E-state index contributed by atoms with van der Waals surface area (Å²) in [5.74, 6) is -2.39. The molecule has 0 unspecified atom stereocenters. The molecule has 0 atom stereocenters. The zero-order valence-electron chi connectivity index (χ0n) is 12.8. The fraction of sp³-hybridized carbons (Fsp3) is 0.278. The van der Waals surface area contributed by atoms with Gasteiger partial charge in [0.15, 0.2) is 0 Å². The van der Waals surface area contributed by atoms with Crippen molar-refractivity contribution < 1.29 is 18.3 Å². The van der Waals surface area contributed by atoms with Gasteiger partial charge in [0.2, 0.25) is 0 Å². The Morgan fingerprint density at radius 1 is 1.21 bits per heavy atom. The molecule has 0 bridgehead atoms. The lowest BCUT2D eigenvalue weighted by atomic mass is 9.88. The highest BCUT2D eigenvalue weighted by molar-refractivity contribution is 9.10. The number of nitrogens with one attached hydrogen (secondary N) is 1. The average molecular weight is 396 g/mol. The number of hydrogen-bond donors (Lipinski definition) is 1. The molecule has 3 rings (SSSR count). The van der Waals surface area contributed by atoms with Crippen LogP contribution in [-0.2, 0) is 6.61 Å². The van der Waals surface area contributed by atoms with E-state index in [0.717, 1.165) is 5.56 Å². The van der Waals surface area contributed by atoms with Crippen LogP contribution in [0.25, 0.3) is 0 Å². The minimum Gasteiger partial charge on any atom is -0.489 e. The van der Waals surface area contributed by atoms with Crippen LogP contribution < -0.4 is 10.1 Å². The molecular weight excluding hydrogens is 380 g/mol. The number of benzene rings is 2. The molecule has 0 aromatic heterocycles. The average Bonchev–Trinajstić information content (AvgIpc) is 2.52. The fourth-order valence-electron chi connectivity index (χ4n) is 2.54. The summed E-state index contributed by atoms with van der Waals surface area (Å²) >= 11 is 3.34. The number of carbonyl (C=O) groups is 1. The van der Waals surface area contributed by atoms with Crippen LogP contribution in [0.4, 0.5) is 8.78 Å². The number of carbonyl (C=O) groups excluding carboxylic acids is 1. The molecule has 0 spiro atoms. The van der Waals surface area contributed by atoms with Gasteiger partial charge in [0.25, 0.3) is 11.8 Å². The molecule has 2 aromatic carbocycles. The second-order valence-electron chi connectivity index (χ2n) is 5.85. The molecule has 1 saturated carbocycles. The molecule has 24 heavy (non-hydrogen) atoms. The van der Waals surface area contributed by atoms with Crippen LogP contribution in [-0.4, -0.2) is 17.9 Å². The lowest BCUT2D eigenvalue weighted by molar-refractivity contribution is -0.0901. The van der Waals surface area contributed by atoms with Gasteiger partial charge >= 0.3 is 0 Å². The smallest absolute Gasteiger partial charge is 0.252 e. The predicted octanol–water partition coefficient (Wildman–Crippen LogP) is 4.56. The molecule has 1 fully saturated rings. The Morgan fingerprint density at radius 3 is 2.54 bits per heavy atom. The van der Waals surface area contributed by atoms with Crippen molar-refractivity contribution in [2.45, 2.75) is 31.4 Å². The highest BCUT2D eigenvalue weighted by atomic mass is 79.9. The summed E-state index contributed by atoms with van der Waals surface area (Å²) in [7, 11) is 0. The van der Waals surface area contributed by atoms with Crippen LogP contribution in [0.1, 0.15) is 28.8 Å². The summed E-state index contributed by atoms with van der Waals surface area (Å²) in [5, 5.41) is 2.62. The highest BCUT2D eigenvalue weighted by Gasteiger charge is 2.46. The molecule has 126 valence electrons. The number of hydrogen-bond acceptors (Lipinski definition) is 2. The zero-order chi connectivity index (χ0) is 17.2. The summed E-state index contributed by atoms with van der Waals surface area (Å²) in [6.07, 6.45) is -0.594. The third kappa shape index (κ3) is 4.12. The molecule has 6 heteroatoms. The normalized spacial score (nSPS) is 16.3. The molecule has 1 N–H and O–H groups in total. The van der Waals surface area contributed by atoms with Crippen molar-refractivity contribution in [3.63, 3.8) is 0 Å². The Hall–Kier alpha value is -1.95. The van der Waals surface area contributed by atoms with Crippen LogP contribution in [0, 0.1) is 0 Å². The fourth-order valence-corrected chi connectivity index (χ4v) is 3.07. The summed E-state index contributed by atoms with van der Waals surface area (Å²) in [4.78, 5) is 12.1. The van der Waals surface area contributed by atoms with Crippen molar-refractivity contribution in [3.8, 4) is 5.75 Å². The van der Waals surface area contributed by atoms with Crippen molar-refractivity contribution in [2.75, 3.05) is 0 Å². The lowest BCUT2D eigenvalue weighted by Crippen LogP contribution is -2.50. The van der Waals surface area contributed by atoms with Gasteiger partial charge in [-0.2, -0.15) is 0 Å². The molecule has 0 saturated heterocycles. The molecule has 1 aliphatic rings. The van der Waals surface area contributed by atoms with Crippen molar-refractivity contribution in [2.24, 2.45) is 0 Å². The Balaban J connectivity index is 1.59. The highest BCUT2D eigenvalue weighted by Crippen LogP contribution is 2.37. The standard InChI is InChI=1S/C18H16BrF2NO2/c19-16-8-14(24-11-12-4-2-1-3-5-12)6-7-15(16)17(23)22-13-9-18(20,21)10-13/h1-8,13H,9-11H2,(H,22,23). The molecule has 0 radical (unpaired) electrons. The monoisotopic (exact) mass is 395 g/mol. The van der Waals surface area contributed by atoms with Gasteiger partial charge in [-0.1, -0.05) is 30.3 Å². The maximum Gasteiger partial charge on any atom is 0.252 e. The number of rotatable bonds is 5. The van der Waals surface area contributed by atoms with E-state index in [1.807, 2.05) is 30.3 Å². The van der Waals surface area contributed by atoms with Gasteiger partial charge in [-0.05, 0) is 39.7 Å². The number of alkyl halides is 2. The Kier molecular flexibility index (Phi) is 4.85. The van der Waals surface area contributed by atoms with Crippen LogP contribution >= 0.6 is 15.9 Å². The number of halogens is 3. The summed E-state index contributed by atoms with van der Waals surface area (Å²) < 4.78 is 31.9. The third-order valence-electron chi connectivity index (χ3n) is 3.86. The molecule has 1 amide bonds. The molecule has 2 aromatic rings. The first-order chi connectivity index (χ1) is 11.4. The summed E-state index contributed by atoms with van der Waals surface area (Å²) in [6, 6.07) is 14.3. The van der Waals surface area contributed by atoms with Gasteiger partial charge in [0, 0.05) is 23.4 Å². The molecule has 1 aliphatic carbocycles. The Bertz CT molecular complexity index is 729. The van der Waals surface area contributed by atoms with Crippen LogP contribution in [0.3, 0.4) is 0 Å². The van der Waals surface area contributed by atoms with Crippen molar-refractivity contribution in [1.29, 1.82) is 0 Å². The minimum atomic E-state index is -2.65. The number of ether oxygens (including phenoxy) is 1. The van der Waals surface area contributed by atoms with Gasteiger partial charge in [-0.25, -0.2) is 8.78 Å². The SMILES string of the molecule is O=C(NC1CC(F)(F)C1)c1ccc(OCc2ccccc2)cc1Br. The van der Waals surface area contributed by atoms with Crippen molar-refractivity contribution in [1.82, 2.24) is 5.32 Å². The second kappa shape index (κ2) is 6.89. The maximum absolute atomic E-state index is 12.8. The van der Waals surface area contributed by atoms with E-state index in [9.17, 15) is 13.6 Å². The van der Waals surface area contributed by atoms with Gasteiger partial charge in [0.1, 0.15) is 12.4 Å². The third-order valence-corrected chi connectivity index (χ3v) is 4.51. The topological polar surface area (TPSA) is 38.3 Å². The molecular formula is C18H16BrF2NO2. The first-order valence-corrected chi connectivity index (χ1v) is 8.37. The summed E-state index contributed by atoms with van der Waals surface area (Å²) in [5.41, 5.74) is 1.44. The van der Waals surface area contributed by atoms with Crippen LogP contribution in [0.5, 0.6) is 5.75 Å². The van der Waals surface area contributed by atoms with Gasteiger partial charge in [-0.15, -0.1) is 0 Å². The quantitative estimate of drug-likeness (QED) is 0.805. The predicted molar refractivity (Wildman–Crippen MR) is 90.4 cm³/mol. The number of amides is 1. The van der Waals surface area contributed by atoms with Crippen LogP contribution in [0.15, 0.2) is 53.0 Å². The van der Waals surface area contributed by atoms with E-state index >= 15 is 0 Å². The van der Waals surface area contributed by atoms with Gasteiger partial charge in [-0.3, -0.25) is 4.79 Å². The molecule has 3 nitrogen and oxygen atoms in total. The second-order valence-corrected chi connectivity index (χ2v) is 6.70. The van der Waals surface area contributed by atoms with E-state index in [4.69, 9.17) is 4.74 Å². The maximum atomic E-state index is 12.8. The van der Waals surface area contributed by atoms with E-state index in [2.05, 4.69) is 21.2 Å². The first kappa shape index (κ1) is 16.9. The van der Waals surface area contributed by atoms with E-state index < -0.39 is 12.0 Å². The van der Waals surface area contributed by atoms with Gasteiger partial charge < -0.3 is 10.1 Å². The Labute approximate surface area is 147 Å². The molecule has 0 heterocycles. The van der Waals surface area contributed by atoms with Gasteiger partial charge in [0.05, 0.1) is 5.56 Å². The molecule has 0 aliphatic heterocycles. The van der Waals surface area contributed by atoms with Crippen molar-refractivity contribution in [3.05, 3.63) is 64.1 Å². The van der Waals surface area contributed by atoms with E-state index in [0.29, 0.717) is 22.4 Å². The minimum absolute atomic E-state index is 0.297. The first-order valence-electron chi connectivity index (χ1n) is 7.58. The summed E-state index contributed by atoms with van der Waals surface area (Å²) in [6.45, 7) is 0.427. The van der Waals surface area contributed by atoms with E-state index in [1.54, 1.807) is 18.2 Å². The van der Waals surface area contributed by atoms with Crippen LogP contribution in [0.2, 0.25) is 0 Å². The largest absolute Gasteiger partial charge is 0.489 e. The lowest BCUT2D eigenvalue weighted by Gasteiger charge is -2.35. The van der Waals surface area contributed by atoms with Crippen molar-refractivity contribution >= 4 is 21.8 Å². The van der Waals surface area contributed by atoms with E-state index in [-0.39, 0.29) is 18.7 Å². The van der Waals surface area contributed by atoms with E-state index in [1.165, 1.54) is 0 Å². The zero-order valence-corrected chi connectivity index (χ0v) is 14.4. The Morgan fingerprint density at radius 2 is 1.92 bits per heavy atom.